The van der Waals surface area contributed by atoms with Crippen molar-refractivity contribution in [3.8, 4) is 0 Å². The predicted octanol–water partition coefficient (Wildman–Crippen LogP) is 2.38. The number of alkyl halides is 1. The molecule has 0 spiro atoms. The minimum absolute atomic E-state index is 0.0441. The molecule has 0 N–H and O–H groups in total. The molecule has 0 heterocycles. The van der Waals surface area contributed by atoms with Crippen molar-refractivity contribution in [2.45, 2.75) is 0 Å². The highest BCUT2D eigenvalue weighted by Gasteiger charge is 2.26. The van der Waals surface area contributed by atoms with Crippen molar-refractivity contribution in [3.63, 3.8) is 0 Å². The zero-order valence-corrected chi connectivity index (χ0v) is 8.11. The van der Waals surface area contributed by atoms with Gasteiger partial charge in [0.25, 0.3) is 0 Å². The zero-order valence-electron chi connectivity index (χ0n) is 6.46. The van der Waals surface area contributed by atoms with E-state index in [0.717, 1.165) is 0 Å². The number of hydrogen-bond donors (Lipinski definition) is 0. The summed E-state index contributed by atoms with van der Waals surface area (Å²) in [6.07, 6.45) is 0. The number of rotatable bonds is 4. The third-order valence-corrected chi connectivity index (χ3v) is 3.53. The molecule has 0 fully saturated rings. The molecule has 0 aliphatic heterocycles. The number of hydrogen-bond acceptors (Lipinski definition) is 3. The molecule has 0 aromatic heterocycles. The molecule has 0 aliphatic carbocycles. The Labute approximate surface area is 71.2 Å². The van der Waals surface area contributed by atoms with Gasteiger partial charge in [-0.15, -0.1) is 17.3 Å². The van der Waals surface area contributed by atoms with Crippen LogP contribution in [-0.4, -0.2) is 20.1 Å². The van der Waals surface area contributed by atoms with Crippen molar-refractivity contribution >= 4 is 19.2 Å². The molecule has 3 nitrogen and oxygen atoms in total. The molecular formula is C6H10ClO3P. The van der Waals surface area contributed by atoms with Crippen molar-refractivity contribution in [3.05, 3.63) is 17.6 Å². The summed E-state index contributed by atoms with van der Waals surface area (Å²) in [5.41, 5.74) is 2.42. The second-order valence-electron chi connectivity index (χ2n) is 1.62. The summed E-state index contributed by atoms with van der Waals surface area (Å²) >= 11 is 5.44. The molecular weight excluding hydrogens is 186 g/mol. The van der Waals surface area contributed by atoms with Gasteiger partial charge >= 0.3 is 7.60 Å². The molecule has 5 heteroatoms. The summed E-state index contributed by atoms with van der Waals surface area (Å²) in [4.78, 5) is 0. The van der Waals surface area contributed by atoms with Gasteiger partial charge in [-0.2, -0.15) is 0 Å². The van der Waals surface area contributed by atoms with Gasteiger partial charge in [0.1, 0.15) is 0 Å². The lowest BCUT2D eigenvalue weighted by molar-refractivity contribution is 0.283. The van der Waals surface area contributed by atoms with Crippen molar-refractivity contribution in [2.75, 3.05) is 20.1 Å². The first-order valence-electron chi connectivity index (χ1n) is 2.81. The third-order valence-electron chi connectivity index (χ3n) is 1.14. The van der Waals surface area contributed by atoms with E-state index in [1.807, 2.05) is 0 Å². The van der Waals surface area contributed by atoms with Crippen LogP contribution in [-0.2, 0) is 13.6 Å². The van der Waals surface area contributed by atoms with Gasteiger partial charge in [0.05, 0.1) is 11.2 Å². The van der Waals surface area contributed by atoms with Gasteiger partial charge in [0.2, 0.25) is 0 Å². The molecule has 0 saturated carbocycles. The summed E-state index contributed by atoms with van der Waals surface area (Å²) in [5, 5.41) is 0.254. The molecule has 0 amide bonds. The first kappa shape index (κ1) is 11.0. The third kappa shape index (κ3) is 2.48. The van der Waals surface area contributed by atoms with E-state index in [0.29, 0.717) is 0 Å². The summed E-state index contributed by atoms with van der Waals surface area (Å²) in [6.45, 7) is 3.32. The highest BCUT2D eigenvalue weighted by molar-refractivity contribution is 7.58. The SMILES string of the molecule is C=C=C(CCl)P(=O)(OC)OC. The highest BCUT2D eigenvalue weighted by Crippen LogP contribution is 2.54. The minimum atomic E-state index is -3.18. The normalized spacial score (nSPS) is 10.8. The maximum Gasteiger partial charge on any atom is 0.365 e. The number of halogens is 1. The second-order valence-corrected chi connectivity index (χ2v) is 4.15. The summed E-state index contributed by atoms with van der Waals surface area (Å²) in [7, 11) is -0.608. The van der Waals surface area contributed by atoms with Crippen LogP contribution in [0.25, 0.3) is 0 Å². The first-order valence-corrected chi connectivity index (χ1v) is 4.89. The van der Waals surface area contributed by atoms with Gasteiger partial charge < -0.3 is 9.05 Å². The van der Waals surface area contributed by atoms with E-state index < -0.39 is 7.60 Å². The van der Waals surface area contributed by atoms with Crippen LogP contribution in [0.2, 0.25) is 0 Å². The van der Waals surface area contributed by atoms with E-state index in [4.69, 9.17) is 11.6 Å². The minimum Gasteiger partial charge on any atom is -0.308 e. The van der Waals surface area contributed by atoms with E-state index in [9.17, 15) is 4.57 Å². The van der Waals surface area contributed by atoms with E-state index in [-0.39, 0.29) is 11.2 Å². The largest absolute Gasteiger partial charge is 0.365 e. The van der Waals surface area contributed by atoms with Gasteiger partial charge in [0, 0.05) is 14.2 Å². The molecule has 11 heavy (non-hydrogen) atoms. The molecule has 0 aromatic carbocycles. The van der Waals surface area contributed by atoms with Crippen LogP contribution in [0.4, 0.5) is 0 Å². The maximum atomic E-state index is 11.4. The highest BCUT2D eigenvalue weighted by atomic mass is 35.5. The number of allylic oxidation sites excluding steroid dienone is 1. The summed E-state index contributed by atoms with van der Waals surface area (Å²) in [6, 6.07) is 0. The Balaban J connectivity index is 4.77. The quantitative estimate of drug-likeness (QED) is 0.393. The van der Waals surface area contributed by atoms with Crippen molar-refractivity contribution in [2.24, 2.45) is 0 Å². The average Bonchev–Trinajstić information content (AvgIpc) is 2.06. The van der Waals surface area contributed by atoms with Crippen LogP contribution in [0.5, 0.6) is 0 Å². The molecule has 0 aromatic rings. The summed E-state index contributed by atoms with van der Waals surface area (Å²) < 4.78 is 20.7. The van der Waals surface area contributed by atoms with Gasteiger partial charge in [-0.25, -0.2) is 0 Å². The molecule has 0 aliphatic rings. The lowest BCUT2D eigenvalue weighted by atomic mass is 10.7. The standard InChI is InChI=1S/C6H10ClO3P/c1-4-6(5-7)11(8,9-2)10-3/h1,5H2,2-3H3. The fraction of sp³-hybridized carbons (Fsp3) is 0.500. The predicted molar refractivity (Wildman–Crippen MR) is 45.0 cm³/mol. The van der Waals surface area contributed by atoms with Gasteiger partial charge in [-0.05, 0) is 0 Å². The van der Waals surface area contributed by atoms with E-state index >= 15 is 0 Å². The zero-order chi connectivity index (χ0) is 8.91. The maximum absolute atomic E-state index is 11.4. The van der Waals surface area contributed by atoms with Crippen LogP contribution in [0, 0.1) is 0 Å². The van der Waals surface area contributed by atoms with E-state index in [2.05, 4.69) is 21.4 Å². The van der Waals surface area contributed by atoms with E-state index in [1.54, 1.807) is 0 Å². The van der Waals surface area contributed by atoms with Gasteiger partial charge in [0.15, 0.2) is 0 Å². The van der Waals surface area contributed by atoms with Crippen LogP contribution in [0.1, 0.15) is 0 Å². The van der Waals surface area contributed by atoms with Crippen LogP contribution < -0.4 is 0 Å². The lowest BCUT2D eigenvalue weighted by Gasteiger charge is -2.12. The Morgan fingerprint density at radius 3 is 2.18 bits per heavy atom. The van der Waals surface area contributed by atoms with Crippen LogP contribution >= 0.6 is 19.2 Å². The molecule has 0 atom stereocenters. The Hall–Kier alpha value is -0.0400. The molecule has 0 unspecified atom stereocenters. The fourth-order valence-electron chi connectivity index (χ4n) is 0.512. The van der Waals surface area contributed by atoms with Crippen LogP contribution in [0.3, 0.4) is 0 Å². The first-order chi connectivity index (χ1) is 5.14. The topological polar surface area (TPSA) is 35.5 Å². The lowest BCUT2D eigenvalue weighted by Crippen LogP contribution is -1.92. The van der Waals surface area contributed by atoms with Gasteiger partial charge in [-0.1, -0.05) is 6.58 Å². The van der Waals surface area contributed by atoms with Crippen LogP contribution in [0.15, 0.2) is 17.6 Å². The molecule has 64 valence electrons. The molecule has 0 rings (SSSR count). The van der Waals surface area contributed by atoms with E-state index in [1.165, 1.54) is 14.2 Å². The van der Waals surface area contributed by atoms with Gasteiger partial charge in [-0.3, -0.25) is 4.57 Å². The molecule has 0 saturated heterocycles. The van der Waals surface area contributed by atoms with Crippen molar-refractivity contribution < 1.29 is 13.6 Å². The smallest absolute Gasteiger partial charge is 0.308 e. The molecule has 0 radical (unpaired) electrons. The fourth-order valence-corrected chi connectivity index (χ4v) is 1.98. The Morgan fingerprint density at radius 2 is 2.09 bits per heavy atom. The Kier molecular flexibility index (Phi) is 4.74. The van der Waals surface area contributed by atoms with Crippen molar-refractivity contribution in [1.29, 1.82) is 0 Å². The van der Waals surface area contributed by atoms with Crippen molar-refractivity contribution in [1.82, 2.24) is 0 Å². The Morgan fingerprint density at radius 1 is 1.64 bits per heavy atom. The monoisotopic (exact) mass is 196 g/mol. The average molecular weight is 197 g/mol. The Bertz CT molecular complexity index is 212. The summed E-state index contributed by atoms with van der Waals surface area (Å²) in [5.74, 6) is 0.0441. The molecule has 0 bridgehead atoms. The second kappa shape index (κ2) is 4.76.